The third-order valence-corrected chi connectivity index (χ3v) is 3.58. The van der Waals surface area contributed by atoms with Crippen LogP contribution < -0.4 is 0 Å². The molecule has 0 aromatic carbocycles. The van der Waals surface area contributed by atoms with E-state index in [1.54, 1.807) is 39.6 Å². The lowest BCUT2D eigenvalue weighted by atomic mass is 9.75. The van der Waals surface area contributed by atoms with Crippen molar-refractivity contribution >= 4 is 17.5 Å². The number of carbonyl (C=O) groups excluding carboxylic acids is 3. The van der Waals surface area contributed by atoms with Gasteiger partial charge < -0.3 is 4.90 Å². The third kappa shape index (κ3) is 3.65. The zero-order valence-electron chi connectivity index (χ0n) is 12.6. The third-order valence-electron chi connectivity index (χ3n) is 3.58. The first-order chi connectivity index (χ1) is 7.96. The van der Waals surface area contributed by atoms with Crippen LogP contribution in [0.15, 0.2) is 0 Å². The van der Waals surface area contributed by atoms with E-state index < -0.39 is 10.8 Å². The SMILES string of the molecule is CCN(C)C(=O)C(C)(C)CC(=O)C(C)(C)C(C)=O. The standard InChI is InChI=1S/C14H25NO3/c1-8-15(7)12(18)13(3,4)9-11(17)14(5,6)10(2)16/h8-9H2,1-7H3. The van der Waals surface area contributed by atoms with Gasteiger partial charge in [0.05, 0.1) is 10.8 Å². The van der Waals surface area contributed by atoms with Gasteiger partial charge in [-0.1, -0.05) is 13.8 Å². The number of carbonyl (C=O) groups is 3. The normalized spacial score (nSPS) is 12.2. The zero-order valence-corrected chi connectivity index (χ0v) is 12.6. The number of nitrogens with zero attached hydrogens (tertiary/aromatic N) is 1. The quantitative estimate of drug-likeness (QED) is 0.683. The molecule has 0 aliphatic rings. The first-order valence-electron chi connectivity index (χ1n) is 6.26. The maximum Gasteiger partial charge on any atom is 0.228 e. The number of amides is 1. The van der Waals surface area contributed by atoms with Crippen molar-refractivity contribution in [1.82, 2.24) is 4.90 Å². The molecular formula is C14H25NO3. The Morgan fingerprint density at radius 1 is 1.06 bits per heavy atom. The summed E-state index contributed by atoms with van der Waals surface area (Å²) in [7, 11) is 1.71. The highest BCUT2D eigenvalue weighted by Crippen LogP contribution is 2.30. The summed E-state index contributed by atoms with van der Waals surface area (Å²) in [5.74, 6) is -0.421. The van der Waals surface area contributed by atoms with Crippen LogP contribution in [0.1, 0.15) is 48.0 Å². The molecule has 0 radical (unpaired) electrons. The van der Waals surface area contributed by atoms with Crippen LogP contribution in [-0.2, 0) is 14.4 Å². The number of Topliss-reactive ketones (excluding diaryl/α,β-unsaturated/α-hetero) is 2. The van der Waals surface area contributed by atoms with Crippen LogP contribution in [0.2, 0.25) is 0 Å². The zero-order chi connectivity index (χ0) is 14.7. The summed E-state index contributed by atoms with van der Waals surface area (Å²) < 4.78 is 0. The van der Waals surface area contributed by atoms with Gasteiger partial charge in [-0.3, -0.25) is 14.4 Å². The highest BCUT2D eigenvalue weighted by Gasteiger charge is 2.39. The van der Waals surface area contributed by atoms with Gasteiger partial charge in [-0.25, -0.2) is 0 Å². The molecule has 0 saturated carbocycles. The van der Waals surface area contributed by atoms with E-state index >= 15 is 0 Å². The second-order valence-corrected chi connectivity index (χ2v) is 5.98. The molecule has 0 atom stereocenters. The van der Waals surface area contributed by atoms with Crippen LogP contribution in [0.25, 0.3) is 0 Å². The summed E-state index contributed by atoms with van der Waals surface area (Å²) in [5.41, 5.74) is -1.78. The number of ketones is 2. The van der Waals surface area contributed by atoms with Crippen molar-refractivity contribution in [1.29, 1.82) is 0 Å². The highest BCUT2D eigenvalue weighted by molar-refractivity contribution is 6.06. The lowest BCUT2D eigenvalue weighted by Crippen LogP contribution is -2.42. The van der Waals surface area contributed by atoms with E-state index in [4.69, 9.17) is 0 Å². The van der Waals surface area contributed by atoms with E-state index in [0.717, 1.165) is 0 Å². The fourth-order valence-corrected chi connectivity index (χ4v) is 1.55. The summed E-state index contributed by atoms with van der Waals surface area (Å²) in [4.78, 5) is 37.3. The van der Waals surface area contributed by atoms with Gasteiger partial charge in [0.25, 0.3) is 0 Å². The minimum Gasteiger partial charge on any atom is -0.346 e. The first kappa shape index (κ1) is 16.8. The van der Waals surface area contributed by atoms with Gasteiger partial charge in [-0.05, 0) is 27.7 Å². The molecule has 4 heteroatoms. The van der Waals surface area contributed by atoms with Crippen LogP contribution >= 0.6 is 0 Å². The largest absolute Gasteiger partial charge is 0.346 e. The van der Waals surface area contributed by atoms with Crippen molar-refractivity contribution < 1.29 is 14.4 Å². The molecule has 0 spiro atoms. The molecular weight excluding hydrogens is 230 g/mol. The monoisotopic (exact) mass is 255 g/mol. The Kier molecular flexibility index (Phi) is 5.26. The van der Waals surface area contributed by atoms with Crippen molar-refractivity contribution in [3.05, 3.63) is 0 Å². The van der Waals surface area contributed by atoms with Gasteiger partial charge in [-0.15, -0.1) is 0 Å². The molecule has 0 N–H and O–H groups in total. The van der Waals surface area contributed by atoms with E-state index in [-0.39, 0.29) is 23.9 Å². The lowest BCUT2D eigenvalue weighted by Gasteiger charge is -2.30. The topological polar surface area (TPSA) is 54.5 Å². The molecule has 0 heterocycles. The van der Waals surface area contributed by atoms with Crippen LogP contribution in [0.5, 0.6) is 0 Å². The second-order valence-electron chi connectivity index (χ2n) is 5.98. The predicted molar refractivity (Wildman–Crippen MR) is 71.2 cm³/mol. The van der Waals surface area contributed by atoms with Gasteiger partial charge in [0.15, 0.2) is 0 Å². The van der Waals surface area contributed by atoms with Crippen LogP contribution in [0.4, 0.5) is 0 Å². The molecule has 1 amide bonds. The average Bonchev–Trinajstić information content (AvgIpc) is 2.25. The van der Waals surface area contributed by atoms with Gasteiger partial charge in [-0.2, -0.15) is 0 Å². The van der Waals surface area contributed by atoms with E-state index in [9.17, 15) is 14.4 Å². The maximum absolute atomic E-state index is 12.1. The Morgan fingerprint density at radius 2 is 1.50 bits per heavy atom. The van der Waals surface area contributed by atoms with Crippen LogP contribution in [0, 0.1) is 10.8 Å². The Hall–Kier alpha value is -1.19. The molecule has 0 aliphatic carbocycles. The molecule has 0 aliphatic heterocycles. The maximum atomic E-state index is 12.1. The summed E-state index contributed by atoms with van der Waals surface area (Å²) >= 11 is 0. The molecule has 0 saturated heterocycles. The molecule has 4 nitrogen and oxygen atoms in total. The molecule has 0 aromatic heterocycles. The fraction of sp³-hybridized carbons (Fsp3) is 0.786. The predicted octanol–water partition coefficient (Wildman–Crippen LogP) is 2.07. The van der Waals surface area contributed by atoms with Crippen molar-refractivity contribution in [3.8, 4) is 0 Å². The van der Waals surface area contributed by atoms with Crippen LogP contribution in [-0.4, -0.2) is 36.0 Å². The molecule has 0 rings (SSSR count). The van der Waals surface area contributed by atoms with E-state index in [1.807, 2.05) is 6.92 Å². The average molecular weight is 255 g/mol. The van der Waals surface area contributed by atoms with E-state index in [1.165, 1.54) is 6.92 Å². The van der Waals surface area contributed by atoms with Gasteiger partial charge in [0.2, 0.25) is 5.91 Å². The highest BCUT2D eigenvalue weighted by atomic mass is 16.2. The van der Waals surface area contributed by atoms with Gasteiger partial charge >= 0.3 is 0 Å². The summed E-state index contributed by atoms with van der Waals surface area (Å²) in [6.07, 6.45) is 0.0861. The molecule has 18 heavy (non-hydrogen) atoms. The summed E-state index contributed by atoms with van der Waals surface area (Å²) in [5, 5.41) is 0. The van der Waals surface area contributed by atoms with Crippen molar-refractivity contribution in [2.24, 2.45) is 10.8 Å². The van der Waals surface area contributed by atoms with Crippen LogP contribution in [0.3, 0.4) is 0 Å². The first-order valence-corrected chi connectivity index (χ1v) is 6.26. The number of hydrogen-bond acceptors (Lipinski definition) is 3. The molecule has 0 bridgehead atoms. The summed E-state index contributed by atoms with van der Waals surface area (Å²) in [6, 6.07) is 0. The number of rotatable bonds is 6. The molecule has 0 aromatic rings. The van der Waals surface area contributed by atoms with E-state index in [0.29, 0.717) is 6.54 Å². The van der Waals surface area contributed by atoms with Gasteiger partial charge in [0, 0.05) is 20.0 Å². The lowest BCUT2D eigenvalue weighted by molar-refractivity contribution is -0.146. The van der Waals surface area contributed by atoms with Crippen molar-refractivity contribution in [2.75, 3.05) is 13.6 Å². The van der Waals surface area contributed by atoms with E-state index in [2.05, 4.69) is 0 Å². The minimum atomic E-state index is -1.01. The number of hydrogen-bond donors (Lipinski definition) is 0. The molecule has 0 unspecified atom stereocenters. The van der Waals surface area contributed by atoms with Crippen molar-refractivity contribution in [3.63, 3.8) is 0 Å². The Balaban J connectivity index is 4.94. The van der Waals surface area contributed by atoms with Crippen molar-refractivity contribution in [2.45, 2.75) is 48.0 Å². The molecule has 104 valence electrons. The molecule has 0 fully saturated rings. The Labute approximate surface area is 110 Å². The Bertz CT molecular complexity index is 356. The smallest absolute Gasteiger partial charge is 0.228 e. The van der Waals surface area contributed by atoms with Gasteiger partial charge in [0.1, 0.15) is 11.6 Å². The fourth-order valence-electron chi connectivity index (χ4n) is 1.55. The summed E-state index contributed by atoms with van der Waals surface area (Å²) in [6.45, 7) is 10.6. The minimum absolute atomic E-state index is 0.0716. The Morgan fingerprint density at radius 3 is 1.83 bits per heavy atom. The second kappa shape index (κ2) is 5.63.